The Morgan fingerprint density at radius 3 is 1.23 bits per heavy atom. The Bertz CT molecular complexity index is 2440. The molecule has 1 aliphatic rings. The summed E-state index contributed by atoms with van der Waals surface area (Å²) in [4.78, 5) is 0. The first-order valence-electron chi connectivity index (χ1n) is 16.9. The second-order valence-electron chi connectivity index (χ2n) is 13.8. The van der Waals surface area contributed by atoms with Gasteiger partial charge in [-0.2, -0.15) is 0 Å². The SMILES string of the molecule is Cc1c2ccccc2c(-c2ccc(-c3ccc(-c4ccc(-c5ccc6c(c5)C(C)(C)c5ccccc5-6)cc4)cc3)cc2)c2ccccc12. The van der Waals surface area contributed by atoms with Crippen LogP contribution in [0.15, 0.2) is 164 Å². The van der Waals surface area contributed by atoms with Crippen molar-refractivity contribution in [3.05, 3.63) is 180 Å². The summed E-state index contributed by atoms with van der Waals surface area (Å²) in [5.41, 5.74) is 16.9. The van der Waals surface area contributed by atoms with Crippen molar-refractivity contribution >= 4 is 21.5 Å². The fraction of sp³-hybridized carbons (Fsp3) is 0.0833. The molecule has 0 nitrogen and oxygen atoms in total. The molecule has 0 aromatic heterocycles. The van der Waals surface area contributed by atoms with Crippen LogP contribution >= 0.6 is 0 Å². The number of aryl methyl sites for hydroxylation is 1. The first kappa shape index (κ1) is 28.5. The third-order valence-electron chi connectivity index (χ3n) is 10.7. The molecule has 0 saturated carbocycles. The highest BCUT2D eigenvalue weighted by Gasteiger charge is 2.35. The van der Waals surface area contributed by atoms with E-state index in [1.165, 1.54) is 93.9 Å². The molecule has 1 aliphatic carbocycles. The number of fused-ring (bicyclic) bond motifs is 5. The minimum atomic E-state index is 0.00732. The summed E-state index contributed by atoms with van der Waals surface area (Å²) in [6.45, 7) is 6.93. The Labute approximate surface area is 283 Å². The van der Waals surface area contributed by atoms with Gasteiger partial charge in [0.1, 0.15) is 0 Å². The molecule has 0 fully saturated rings. The van der Waals surface area contributed by atoms with Crippen molar-refractivity contribution in [2.45, 2.75) is 26.2 Å². The predicted molar refractivity (Wildman–Crippen MR) is 205 cm³/mol. The highest BCUT2D eigenvalue weighted by atomic mass is 14.4. The van der Waals surface area contributed by atoms with Crippen LogP contribution in [0.5, 0.6) is 0 Å². The van der Waals surface area contributed by atoms with Gasteiger partial charge in [-0.3, -0.25) is 0 Å². The van der Waals surface area contributed by atoms with Gasteiger partial charge in [-0.25, -0.2) is 0 Å². The van der Waals surface area contributed by atoms with Gasteiger partial charge < -0.3 is 0 Å². The first-order valence-corrected chi connectivity index (χ1v) is 16.9. The summed E-state index contributed by atoms with van der Waals surface area (Å²) in [7, 11) is 0. The molecule has 9 rings (SSSR count). The van der Waals surface area contributed by atoms with E-state index < -0.39 is 0 Å². The number of hydrogen-bond acceptors (Lipinski definition) is 0. The van der Waals surface area contributed by atoms with E-state index in [1.807, 2.05) is 0 Å². The third-order valence-corrected chi connectivity index (χ3v) is 10.7. The van der Waals surface area contributed by atoms with E-state index in [0.717, 1.165) is 0 Å². The second kappa shape index (κ2) is 10.9. The fourth-order valence-electron chi connectivity index (χ4n) is 8.08. The van der Waals surface area contributed by atoms with Crippen LogP contribution in [0, 0.1) is 6.92 Å². The summed E-state index contributed by atoms with van der Waals surface area (Å²) < 4.78 is 0. The average Bonchev–Trinajstić information content (AvgIpc) is 3.38. The molecule has 0 amide bonds. The van der Waals surface area contributed by atoms with Crippen molar-refractivity contribution in [3.8, 4) is 55.6 Å². The molecular weight excluding hydrogens is 577 g/mol. The molecule has 0 N–H and O–H groups in total. The van der Waals surface area contributed by atoms with Gasteiger partial charge in [-0.1, -0.05) is 172 Å². The van der Waals surface area contributed by atoms with E-state index in [0.29, 0.717) is 0 Å². The van der Waals surface area contributed by atoms with E-state index in [1.54, 1.807) is 0 Å². The standard InChI is InChI=1S/C48H36/c1-31-39-10-4-6-13-43(39)47(44-14-7-5-11-40(31)44)37-26-24-35(25-27-37)33-18-16-32(17-19-33)34-20-22-36(23-21-34)38-28-29-42-41-12-8-9-15-45(41)48(2,3)46(42)30-38/h4-30H,1-3H3. The van der Waals surface area contributed by atoms with Crippen LogP contribution in [0.2, 0.25) is 0 Å². The molecule has 48 heavy (non-hydrogen) atoms. The number of rotatable bonds is 4. The van der Waals surface area contributed by atoms with E-state index in [2.05, 4.69) is 185 Å². The van der Waals surface area contributed by atoms with Crippen molar-refractivity contribution in [1.29, 1.82) is 0 Å². The van der Waals surface area contributed by atoms with Crippen molar-refractivity contribution in [1.82, 2.24) is 0 Å². The van der Waals surface area contributed by atoms with E-state index in [-0.39, 0.29) is 5.41 Å². The van der Waals surface area contributed by atoms with Crippen LogP contribution in [0.4, 0.5) is 0 Å². The van der Waals surface area contributed by atoms with Gasteiger partial charge in [0.15, 0.2) is 0 Å². The van der Waals surface area contributed by atoms with Crippen LogP contribution in [0.1, 0.15) is 30.5 Å². The van der Waals surface area contributed by atoms with Crippen LogP contribution in [-0.2, 0) is 5.41 Å². The van der Waals surface area contributed by atoms with Gasteiger partial charge in [0.05, 0.1) is 0 Å². The van der Waals surface area contributed by atoms with Gasteiger partial charge in [0.25, 0.3) is 0 Å². The molecule has 0 saturated heterocycles. The average molecular weight is 613 g/mol. The van der Waals surface area contributed by atoms with Gasteiger partial charge in [0.2, 0.25) is 0 Å². The lowest BCUT2D eigenvalue weighted by molar-refractivity contribution is 0.660. The molecule has 0 aliphatic heterocycles. The Kier molecular flexibility index (Phi) is 6.49. The van der Waals surface area contributed by atoms with Gasteiger partial charge in [0, 0.05) is 5.41 Å². The summed E-state index contributed by atoms with van der Waals surface area (Å²) in [5, 5.41) is 5.26. The highest BCUT2D eigenvalue weighted by Crippen LogP contribution is 2.49. The lowest BCUT2D eigenvalue weighted by atomic mass is 9.81. The van der Waals surface area contributed by atoms with E-state index >= 15 is 0 Å². The summed E-state index contributed by atoms with van der Waals surface area (Å²) in [6.07, 6.45) is 0. The molecule has 0 heterocycles. The van der Waals surface area contributed by atoms with Crippen LogP contribution in [0.3, 0.4) is 0 Å². The molecule has 0 unspecified atom stereocenters. The van der Waals surface area contributed by atoms with E-state index in [9.17, 15) is 0 Å². The minimum absolute atomic E-state index is 0.00732. The van der Waals surface area contributed by atoms with Gasteiger partial charge in [-0.15, -0.1) is 0 Å². The maximum Gasteiger partial charge on any atom is 0.0159 e. The van der Waals surface area contributed by atoms with Crippen molar-refractivity contribution < 1.29 is 0 Å². The summed E-state index contributed by atoms with van der Waals surface area (Å²) in [6, 6.07) is 60.5. The molecule has 0 spiro atoms. The molecule has 0 atom stereocenters. The molecule has 8 aromatic carbocycles. The Morgan fingerprint density at radius 1 is 0.333 bits per heavy atom. The normalized spacial score (nSPS) is 13.1. The molecule has 0 radical (unpaired) electrons. The minimum Gasteiger partial charge on any atom is -0.0619 e. The predicted octanol–water partition coefficient (Wildman–Crippen LogP) is 13.3. The van der Waals surface area contributed by atoms with Crippen LogP contribution in [0.25, 0.3) is 77.2 Å². The van der Waals surface area contributed by atoms with Crippen molar-refractivity contribution in [2.75, 3.05) is 0 Å². The lowest BCUT2D eigenvalue weighted by Gasteiger charge is -2.22. The fourth-order valence-corrected chi connectivity index (χ4v) is 8.08. The number of benzene rings is 8. The van der Waals surface area contributed by atoms with Crippen molar-refractivity contribution in [3.63, 3.8) is 0 Å². The third kappa shape index (κ3) is 4.44. The second-order valence-corrected chi connectivity index (χ2v) is 13.8. The van der Waals surface area contributed by atoms with Gasteiger partial charge in [-0.05, 0) is 107 Å². The molecule has 8 aromatic rings. The Morgan fingerprint density at radius 2 is 0.708 bits per heavy atom. The zero-order valence-corrected chi connectivity index (χ0v) is 27.6. The smallest absolute Gasteiger partial charge is 0.0159 e. The first-order chi connectivity index (χ1) is 23.5. The zero-order chi connectivity index (χ0) is 32.4. The quantitative estimate of drug-likeness (QED) is 0.173. The Hall–Kier alpha value is -5.72. The Balaban J connectivity index is 0.983. The monoisotopic (exact) mass is 612 g/mol. The molecule has 0 bridgehead atoms. The van der Waals surface area contributed by atoms with Gasteiger partial charge >= 0.3 is 0 Å². The summed E-state index contributed by atoms with van der Waals surface area (Å²) in [5.74, 6) is 0. The maximum absolute atomic E-state index is 2.40. The molecular formula is C48H36. The van der Waals surface area contributed by atoms with Crippen LogP contribution in [-0.4, -0.2) is 0 Å². The van der Waals surface area contributed by atoms with E-state index in [4.69, 9.17) is 0 Å². The molecule has 228 valence electrons. The highest BCUT2D eigenvalue weighted by molar-refractivity contribution is 6.15. The zero-order valence-electron chi connectivity index (χ0n) is 27.6. The van der Waals surface area contributed by atoms with Crippen LogP contribution < -0.4 is 0 Å². The lowest BCUT2D eigenvalue weighted by Crippen LogP contribution is -2.14. The van der Waals surface area contributed by atoms with Crippen molar-refractivity contribution in [2.24, 2.45) is 0 Å². The molecule has 0 heteroatoms. The summed E-state index contributed by atoms with van der Waals surface area (Å²) >= 11 is 0. The topological polar surface area (TPSA) is 0 Å². The maximum atomic E-state index is 2.40. The number of hydrogen-bond donors (Lipinski definition) is 0. The largest absolute Gasteiger partial charge is 0.0619 e.